The standard InChI is InChI=1S/C56H42N2/c1-3-13-43-37(10-1)12-9-17-49(43)55-54(57-51-18-7-8-19-52(51)58-55)48-16-6-5-14-44(48)39-22-20-36(21-23-39)40-25-26-46-47-27-24-38-11-2-4-15-45(38)53(47)56(50(46)33-40)41-29-34-28-35(31-41)32-42(56)30-34/h1-27,33-35,41-42H,28-32H2. The molecule has 1 aromatic heterocycles. The predicted octanol–water partition coefficient (Wildman–Crippen LogP) is 14.3. The van der Waals surface area contributed by atoms with E-state index in [1.54, 1.807) is 11.1 Å². The van der Waals surface area contributed by atoms with Crippen LogP contribution in [0.3, 0.4) is 0 Å². The van der Waals surface area contributed by atoms with Gasteiger partial charge >= 0.3 is 0 Å². The zero-order valence-electron chi connectivity index (χ0n) is 32.4. The van der Waals surface area contributed by atoms with Crippen LogP contribution in [0.2, 0.25) is 0 Å². The van der Waals surface area contributed by atoms with Crippen molar-refractivity contribution in [3.05, 3.63) is 181 Å². The maximum Gasteiger partial charge on any atom is 0.0979 e. The van der Waals surface area contributed by atoms with Crippen molar-refractivity contribution in [3.8, 4) is 55.9 Å². The van der Waals surface area contributed by atoms with Crippen LogP contribution in [0.15, 0.2) is 170 Å². The summed E-state index contributed by atoms with van der Waals surface area (Å²) >= 11 is 0. The highest BCUT2D eigenvalue weighted by Crippen LogP contribution is 2.70. The number of para-hydroxylation sites is 2. The Morgan fingerprint density at radius 2 is 0.914 bits per heavy atom. The van der Waals surface area contributed by atoms with Crippen LogP contribution in [0.25, 0.3) is 88.5 Å². The summed E-state index contributed by atoms with van der Waals surface area (Å²) in [7, 11) is 0. The van der Waals surface area contributed by atoms with E-state index in [9.17, 15) is 0 Å². The minimum absolute atomic E-state index is 0.108. The number of fused-ring (bicyclic) bond motifs is 7. The summed E-state index contributed by atoms with van der Waals surface area (Å²) in [6.45, 7) is 0. The molecule has 8 aromatic carbocycles. The monoisotopic (exact) mass is 742 g/mol. The molecule has 4 fully saturated rings. The molecule has 0 unspecified atom stereocenters. The molecule has 0 saturated heterocycles. The van der Waals surface area contributed by atoms with Crippen LogP contribution < -0.4 is 0 Å². The van der Waals surface area contributed by atoms with Gasteiger partial charge in [-0.2, -0.15) is 0 Å². The number of rotatable bonds is 4. The van der Waals surface area contributed by atoms with Gasteiger partial charge in [0.05, 0.1) is 22.4 Å². The summed E-state index contributed by atoms with van der Waals surface area (Å²) in [5, 5.41) is 5.24. The molecule has 1 heterocycles. The third-order valence-corrected chi connectivity index (χ3v) is 14.9. The van der Waals surface area contributed by atoms with Crippen molar-refractivity contribution in [2.45, 2.75) is 37.5 Å². The zero-order chi connectivity index (χ0) is 38.0. The molecular weight excluding hydrogens is 701 g/mol. The number of hydrogen-bond acceptors (Lipinski definition) is 2. The molecule has 5 aliphatic rings. The Kier molecular flexibility index (Phi) is 6.94. The van der Waals surface area contributed by atoms with Crippen LogP contribution in [0, 0.1) is 23.7 Å². The number of hydrogen-bond donors (Lipinski definition) is 0. The molecule has 5 aliphatic carbocycles. The van der Waals surface area contributed by atoms with Crippen LogP contribution >= 0.6 is 0 Å². The van der Waals surface area contributed by atoms with Gasteiger partial charge in [-0.05, 0) is 140 Å². The van der Waals surface area contributed by atoms with Crippen molar-refractivity contribution in [1.82, 2.24) is 9.97 Å². The summed E-state index contributed by atoms with van der Waals surface area (Å²) in [4.78, 5) is 10.7. The first kappa shape index (κ1) is 32.7. The highest BCUT2D eigenvalue weighted by Gasteiger charge is 2.62. The maximum absolute atomic E-state index is 5.36. The molecule has 14 rings (SSSR count). The molecule has 1 spiro atoms. The lowest BCUT2D eigenvalue weighted by atomic mass is 9.43. The first-order valence-corrected chi connectivity index (χ1v) is 21.3. The Balaban J connectivity index is 0.935. The Bertz CT molecular complexity index is 3100. The molecule has 2 nitrogen and oxygen atoms in total. The van der Waals surface area contributed by atoms with Crippen LogP contribution in [0.1, 0.15) is 43.2 Å². The van der Waals surface area contributed by atoms with E-state index in [2.05, 4.69) is 158 Å². The van der Waals surface area contributed by atoms with Crippen LogP contribution in [0.4, 0.5) is 0 Å². The normalized spacial score (nSPS) is 22.6. The van der Waals surface area contributed by atoms with Crippen LogP contribution in [-0.4, -0.2) is 9.97 Å². The van der Waals surface area contributed by atoms with Crippen molar-refractivity contribution < 1.29 is 0 Å². The van der Waals surface area contributed by atoms with E-state index in [4.69, 9.17) is 9.97 Å². The number of nitrogens with zero attached hydrogens (tertiary/aromatic N) is 2. The van der Waals surface area contributed by atoms with E-state index >= 15 is 0 Å². The molecule has 0 aliphatic heterocycles. The van der Waals surface area contributed by atoms with E-state index in [0.29, 0.717) is 0 Å². The quantitative estimate of drug-likeness (QED) is 0.179. The van der Waals surface area contributed by atoms with E-state index in [1.807, 2.05) is 12.1 Å². The highest BCUT2D eigenvalue weighted by molar-refractivity contribution is 6.02. The van der Waals surface area contributed by atoms with E-state index in [-0.39, 0.29) is 5.41 Å². The smallest absolute Gasteiger partial charge is 0.0979 e. The maximum atomic E-state index is 5.36. The predicted molar refractivity (Wildman–Crippen MR) is 240 cm³/mol. The molecule has 0 radical (unpaired) electrons. The molecule has 4 bridgehead atoms. The van der Waals surface area contributed by atoms with Gasteiger partial charge < -0.3 is 0 Å². The third-order valence-electron chi connectivity index (χ3n) is 14.9. The topological polar surface area (TPSA) is 25.8 Å². The van der Waals surface area contributed by atoms with Gasteiger partial charge in [-0.3, -0.25) is 0 Å². The largest absolute Gasteiger partial charge is 0.244 e. The Morgan fingerprint density at radius 1 is 0.379 bits per heavy atom. The summed E-state index contributed by atoms with van der Waals surface area (Å²) in [6, 6.07) is 62.8. The van der Waals surface area contributed by atoms with Gasteiger partial charge in [0.15, 0.2) is 0 Å². The molecule has 4 saturated carbocycles. The minimum atomic E-state index is 0.108. The minimum Gasteiger partial charge on any atom is -0.244 e. The SMILES string of the molecule is c1ccc(-c2nc3ccccc3nc2-c2cccc3ccccc23)c(-c2ccc(-c3ccc4c(c3)C3(c5c-4ccc4ccccc54)C4CC5CC(C4)CC3C5)cc2)c1. The van der Waals surface area contributed by atoms with Gasteiger partial charge in [0.2, 0.25) is 0 Å². The fourth-order valence-corrected chi connectivity index (χ4v) is 12.7. The molecule has 58 heavy (non-hydrogen) atoms. The highest BCUT2D eigenvalue weighted by atomic mass is 14.8. The van der Waals surface area contributed by atoms with Crippen LogP contribution in [-0.2, 0) is 5.41 Å². The fraction of sp³-hybridized carbons (Fsp3) is 0.179. The molecule has 276 valence electrons. The number of benzene rings is 8. The average Bonchev–Trinajstić information content (AvgIpc) is 3.58. The fourth-order valence-electron chi connectivity index (χ4n) is 12.7. The average molecular weight is 743 g/mol. The van der Waals surface area contributed by atoms with Crippen molar-refractivity contribution in [1.29, 1.82) is 0 Å². The van der Waals surface area contributed by atoms with Gasteiger partial charge in [0.1, 0.15) is 0 Å². The Hall–Kier alpha value is -6.38. The summed E-state index contributed by atoms with van der Waals surface area (Å²) in [5.74, 6) is 3.28. The molecule has 0 amide bonds. The molecule has 9 aromatic rings. The van der Waals surface area contributed by atoms with E-state index in [0.717, 1.165) is 62.8 Å². The van der Waals surface area contributed by atoms with Gasteiger partial charge in [-0.15, -0.1) is 0 Å². The van der Waals surface area contributed by atoms with Crippen molar-refractivity contribution >= 4 is 32.6 Å². The van der Waals surface area contributed by atoms with Crippen molar-refractivity contribution in [3.63, 3.8) is 0 Å². The van der Waals surface area contributed by atoms with Gasteiger partial charge in [0.25, 0.3) is 0 Å². The lowest BCUT2D eigenvalue weighted by Crippen LogP contribution is -2.55. The van der Waals surface area contributed by atoms with Gasteiger partial charge in [0, 0.05) is 16.5 Å². The lowest BCUT2D eigenvalue weighted by Gasteiger charge is -2.61. The van der Waals surface area contributed by atoms with Gasteiger partial charge in [-0.25, -0.2) is 9.97 Å². The Morgan fingerprint density at radius 3 is 1.66 bits per heavy atom. The second kappa shape index (κ2) is 12.3. The second-order valence-electron chi connectivity index (χ2n) is 17.7. The zero-order valence-corrected chi connectivity index (χ0v) is 32.4. The lowest BCUT2D eigenvalue weighted by molar-refractivity contribution is -0.0393. The van der Waals surface area contributed by atoms with E-state index in [1.165, 1.54) is 81.5 Å². The first-order chi connectivity index (χ1) is 28.7. The van der Waals surface area contributed by atoms with Crippen molar-refractivity contribution in [2.75, 3.05) is 0 Å². The summed E-state index contributed by atoms with van der Waals surface area (Å²) < 4.78 is 0. The second-order valence-corrected chi connectivity index (χ2v) is 17.7. The number of aromatic nitrogens is 2. The molecule has 2 heteroatoms. The summed E-state index contributed by atoms with van der Waals surface area (Å²) in [6.07, 6.45) is 7.01. The first-order valence-electron chi connectivity index (χ1n) is 21.3. The van der Waals surface area contributed by atoms with E-state index < -0.39 is 0 Å². The van der Waals surface area contributed by atoms with Crippen molar-refractivity contribution in [2.24, 2.45) is 23.7 Å². The Labute approximate surface area is 339 Å². The molecular formula is C56H42N2. The molecule has 0 N–H and O–H groups in total. The summed E-state index contributed by atoms with van der Waals surface area (Å²) in [5.41, 5.74) is 17.0. The third kappa shape index (κ3) is 4.60. The van der Waals surface area contributed by atoms with Gasteiger partial charge in [-0.1, -0.05) is 152 Å². The molecule has 0 atom stereocenters. The van der Waals surface area contributed by atoms with Crippen LogP contribution in [0.5, 0.6) is 0 Å².